The molecule has 0 unspecified atom stereocenters. The molecule has 194 valence electrons. The first-order valence-electron chi connectivity index (χ1n) is 14.0. The first-order valence-corrected chi connectivity index (χ1v) is 14.0. The van der Waals surface area contributed by atoms with Crippen molar-refractivity contribution in [1.29, 1.82) is 0 Å². The van der Waals surface area contributed by atoms with Crippen molar-refractivity contribution in [3.8, 4) is 28.3 Å². The number of para-hydroxylation sites is 2. The first-order chi connectivity index (χ1) is 20.1. The van der Waals surface area contributed by atoms with E-state index in [1.165, 1.54) is 16.7 Å². The summed E-state index contributed by atoms with van der Waals surface area (Å²) in [6, 6.07) is 40.3. The molecule has 1 aliphatic carbocycles. The lowest BCUT2D eigenvalue weighted by Gasteiger charge is -2.18. The molecule has 0 bridgehead atoms. The molecule has 3 aromatic heterocycles. The zero-order valence-electron chi connectivity index (χ0n) is 22.7. The van der Waals surface area contributed by atoms with Crippen molar-refractivity contribution >= 4 is 43.7 Å². The highest BCUT2D eigenvalue weighted by atomic mass is 16.3. The van der Waals surface area contributed by atoms with Crippen molar-refractivity contribution in [1.82, 2.24) is 14.5 Å². The van der Waals surface area contributed by atoms with E-state index in [0.717, 1.165) is 60.7 Å². The van der Waals surface area contributed by atoms with Gasteiger partial charge in [-0.15, -0.1) is 0 Å². The van der Waals surface area contributed by atoms with Crippen LogP contribution in [0.15, 0.2) is 120 Å². The second-order valence-electron chi connectivity index (χ2n) is 11.4. The van der Waals surface area contributed by atoms with Crippen molar-refractivity contribution < 1.29 is 4.42 Å². The van der Waals surface area contributed by atoms with Gasteiger partial charge >= 0.3 is 0 Å². The van der Waals surface area contributed by atoms with E-state index in [1.807, 2.05) is 18.2 Å². The SMILES string of the molecule is CC1(C)c2ccccc2-c2c1oc1c2ccc2c3ccccc3n(-c3nc(-c4ccccc4)c4ccccc4n3)c21. The molecular formula is C37H25N3O. The summed E-state index contributed by atoms with van der Waals surface area (Å²) < 4.78 is 9.14. The van der Waals surface area contributed by atoms with Gasteiger partial charge in [-0.05, 0) is 43.2 Å². The number of hydrogen-bond donors (Lipinski definition) is 0. The van der Waals surface area contributed by atoms with Crippen LogP contribution in [0.1, 0.15) is 25.2 Å². The van der Waals surface area contributed by atoms with Crippen LogP contribution in [0, 0.1) is 0 Å². The molecule has 9 rings (SSSR count). The normalized spacial score (nSPS) is 13.8. The molecule has 0 fully saturated rings. The predicted octanol–water partition coefficient (Wildman–Crippen LogP) is 9.45. The second kappa shape index (κ2) is 7.92. The van der Waals surface area contributed by atoms with Crippen molar-refractivity contribution in [2.24, 2.45) is 0 Å². The Morgan fingerprint density at radius 3 is 2.22 bits per heavy atom. The van der Waals surface area contributed by atoms with Gasteiger partial charge in [-0.25, -0.2) is 9.97 Å². The predicted molar refractivity (Wildman–Crippen MR) is 167 cm³/mol. The largest absolute Gasteiger partial charge is 0.457 e. The van der Waals surface area contributed by atoms with Gasteiger partial charge < -0.3 is 4.42 Å². The molecular weight excluding hydrogens is 502 g/mol. The fourth-order valence-corrected chi connectivity index (χ4v) is 6.87. The van der Waals surface area contributed by atoms with Gasteiger partial charge in [0.1, 0.15) is 11.3 Å². The van der Waals surface area contributed by atoms with E-state index < -0.39 is 0 Å². The van der Waals surface area contributed by atoms with Crippen LogP contribution in [0.4, 0.5) is 0 Å². The van der Waals surface area contributed by atoms with Crippen molar-refractivity contribution in [3.05, 3.63) is 127 Å². The molecule has 0 amide bonds. The van der Waals surface area contributed by atoms with Crippen LogP contribution in [0.2, 0.25) is 0 Å². The summed E-state index contributed by atoms with van der Waals surface area (Å²) in [5.74, 6) is 1.65. The number of nitrogens with zero attached hydrogens (tertiary/aromatic N) is 3. The highest BCUT2D eigenvalue weighted by molar-refractivity contribution is 6.19. The zero-order valence-corrected chi connectivity index (χ0v) is 22.7. The van der Waals surface area contributed by atoms with E-state index in [-0.39, 0.29) is 5.41 Å². The minimum atomic E-state index is -0.228. The number of benzene rings is 5. The van der Waals surface area contributed by atoms with Crippen LogP contribution in [0.25, 0.3) is 72.0 Å². The Hall–Kier alpha value is -5.22. The zero-order chi connectivity index (χ0) is 27.3. The Balaban J connectivity index is 1.44. The van der Waals surface area contributed by atoms with Crippen LogP contribution in [-0.2, 0) is 5.41 Å². The van der Waals surface area contributed by atoms with E-state index in [2.05, 4.69) is 115 Å². The number of hydrogen-bond acceptors (Lipinski definition) is 3. The maximum Gasteiger partial charge on any atom is 0.235 e. The maximum absolute atomic E-state index is 6.94. The summed E-state index contributed by atoms with van der Waals surface area (Å²) in [7, 11) is 0. The van der Waals surface area contributed by atoms with Gasteiger partial charge in [-0.2, -0.15) is 0 Å². The Morgan fingerprint density at radius 2 is 1.34 bits per heavy atom. The van der Waals surface area contributed by atoms with Gasteiger partial charge in [-0.1, -0.05) is 97.1 Å². The van der Waals surface area contributed by atoms with Gasteiger partial charge in [0.25, 0.3) is 0 Å². The molecule has 0 saturated carbocycles. The van der Waals surface area contributed by atoms with Gasteiger partial charge in [0, 0.05) is 38.1 Å². The van der Waals surface area contributed by atoms with E-state index in [4.69, 9.17) is 14.4 Å². The third-order valence-electron chi connectivity index (χ3n) is 8.77. The highest BCUT2D eigenvalue weighted by Gasteiger charge is 2.41. The topological polar surface area (TPSA) is 43.9 Å². The van der Waals surface area contributed by atoms with Crippen molar-refractivity contribution in [2.45, 2.75) is 19.3 Å². The molecule has 0 saturated heterocycles. The van der Waals surface area contributed by atoms with Crippen LogP contribution < -0.4 is 0 Å². The Labute approximate surface area is 236 Å². The number of furan rings is 1. The van der Waals surface area contributed by atoms with Gasteiger partial charge in [0.05, 0.1) is 16.7 Å². The molecule has 5 aromatic carbocycles. The summed E-state index contributed by atoms with van der Waals surface area (Å²) in [6.45, 7) is 4.51. The summed E-state index contributed by atoms with van der Waals surface area (Å²) in [5.41, 5.74) is 9.35. The minimum absolute atomic E-state index is 0.228. The summed E-state index contributed by atoms with van der Waals surface area (Å²) in [5, 5.41) is 4.44. The van der Waals surface area contributed by atoms with Gasteiger partial charge in [0.2, 0.25) is 5.95 Å². The molecule has 4 nitrogen and oxygen atoms in total. The number of fused-ring (bicyclic) bond motifs is 10. The van der Waals surface area contributed by atoms with Crippen LogP contribution in [0.5, 0.6) is 0 Å². The highest BCUT2D eigenvalue weighted by Crippen LogP contribution is 2.54. The van der Waals surface area contributed by atoms with Crippen molar-refractivity contribution in [3.63, 3.8) is 0 Å². The van der Waals surface area contributed by atoms with Crippen LogP contribution in [0.3, 0.4) is 0 Å². The first kappa shape index (κ1) is 22.6. The summed E-state index contributed by atoms with van der Waals surface area (Å²) >= 11 is 0. The maximum atomic E-state index is 6.94. The average Bonchev–Trinajstić information content (AvgIpc) is 3.64. The molecule has 1 aliphatic rings. The fraction of sp³-hybridized carbons (Fsp3) is 0.0811. The van der Waals surface area contributed by atoms with Gasteiger partial charge in [0.15, 0.2) is 5.58 Å². The molecule has 0 aliphatic heterocycles. The van der Waals surface area contributed by atoms with Crippen LogP contribution >= 0.6 is 0 Å². The Bertz CT molecular complexity index is 2340. The average molecular weight is 528 g/mol. The molecule has 0 N–H and O–H groups in total. The lowest BCUT2D eigenvalue weighted by atomic mass is 9.86. The third-order valence-corrected chi connectivity index (χ3v) is 8.77. The molecule has 8 aromatic rings. The van der Waals surface area contributed by atoms with Crippen LogP contribution in [-0.4, -0.2) is 14.5 Å². The summed E-state index contributed by atoms with van der Waals surface area (Å²) in [6.07, 6.45) is 0. The smallest absolute Gasteiger partial charge is 0.235 e. The molecule has 3 heterocycles. The lowest BCUT2D eigenvalue weighted by Crippen LogP contribution is -2.14. The Kier molecular flexibility index (Phi) is 4.36. The quantitative estimate of drug-likeness (QED) is 0.225. The molecule has 0 atom stereocenters. The number of aromatic nitrogens is 3. The molecule has 0 spiro atoms. The van der Waals surface area contributed by atoms with E-state index in [0.29, 0.717) is 5.95 Å². The van der Waals surface area contributed by atoms with Crippen molar-refractivity contribution in [2.75, 3.05) is 0 Å². The summed E-state index contributed by atoms with van der Waals surface area (Å²) in [4.78, 5) is 10.4. The second-order valence-corrected chi connectivity index (χ2v) is 11.4. The number of rotatable bonds is 2. The van der Waals surface area contributed by atoms with Gasteiger partial charge in [-0.3, -0.25) is 4.57 Å². The van der Waals surface area contributed by atoms with E-state index in [9.17, 15) is 0 Å². The van der Waals surface area contributed by atoms with E-state index in [1.54, 1.807) is 0 Å². The molecule has 4 heteroatoms. The minimum Gasteiger partial charge on any atom is -0.457 e. The monoisotopic (exact) mass is 527 g/mol. The molecule has 41 heavy (non-hydrogen) atoms. The third kappa shape index (κ3) is 2.94. The fourth-order valence-electron chi connectivity index (χ4n) is 6.87. The lowest BCUT2D eigenvalue weighted by molar-refractivity contribution is 0.466. The van der Waals surface area contributed by atoms with E-state index >= 15 is 0 Å². The molecule has 0 radical (unpaired) electrons. The standard InChI is InChI=1S/C37H25N3O/c1-37(2)28-17-9-6-15-25(28)31-27-21-20-24-23-14-8-11-19-30(23)40(33(24)34(27)41-35(31)37)36-38-29-18-10-7-16-26(29)32(39-36)22-12-4-3-5-13-22/h3-21H,1-2H3. The Morgan fingerprint density at radius 1 is 0.634 bits per heavy atom.